The SMILES string of the molecule is CC1=CC/C(=C(\C)CC/C=C(\C)CO)CC1. The molecule has 0 spiro atoms. The van der Waals surface area contributed by atoms with Gasteiger partial charge in [-0.1, -0.05) is 34.4 Å². The predicted octanol–water partition coefficient (Wildman–Crippen LogP) is 4.15. The maximum atomic E-state index is 8.89. The molecule has 16 heavy (non-hydrogen) atoms. The summed E-state index contributed by atoms with van der Waals surface area (Å²) in [5, 5.41) is 8.89. The molecule has 0 aromatic heterocycles. The molecule has 1 aliphatic carbocycles. The summed E-state index contributed by atoms with van der Waals surface area (Å²) < 4.78 is 0. The second-order valence-corrected chi connectivity index (χ2v) is 4.89. The molecule has 0 saturated carbocycles. The Hall–Kier alpha value is -0.820. The molecule has 0 radical (unpaired) electrons. The molecule has 0 amide bonds. The van der Waals surface area contributed by atoms with Gasteiger partial charge in [-0.3, -0.25) is 0 Å². The first kappa shape index (κ1) is 13.2. The Balaban J connectivity index is 2.45. The largest absolute Gasteiger partial charge is 0.392 e. The van der Waals surface area contributed by atoms with Gasteiger partial charge < -0.3 is 5.11 Å². The van der Waals surface area contributed by atoms with E-state index in [2.05, 4.69) is 26.0 Å². The van der Waals surface area contributed by atoms with Gasteiger partial charge in [0.1, 0.15) is 0 Å². The van der Waals surface area contributed by atoms with Crippen LogP contribution in [0.25, 0.3) is 0 Å². The van der Waals surface area contributed by atoms with Crippen LogP contribution in [0.2, 0.25) is 0 Å². The Morgan fingerprint density at radius 2 is 2.12 bits per heavy atom. The van der Waals surface area contributed by atoms with Crippen molar-refractivity contribution in [3.05, 3.63) is 34.4 Å². The van der Waals surface area contributed by atoms with Crippen molar-refractivity contribution < 1.29 is 5.11 Å². The van der Waals surface area contributed by atoms with Gasteiger partial charge in [0, 0.05) is 0 Å². The molecule has 1 N–H and O–H groups in total. The first-order valence-corrected chi connectivity index (χ1v) is 6.23. The van der Waals surface area contributed by atoms with Gasteiger partial charge in [-0.25, -0.2) is 0 Å². The minimum absolute atomic E-state index is 0.192. The zero-order valence-electron chi connectivity index (χ0n) is 10.8. The molecule has 1 nitrogen and oxygen atoms in total. The highest BCUT2D eigenvalue weighted by Gasteiger charge is 2.07. The van der Waals surface area contributed by atoms with Crippen LogP contribution in [-0.4, -0.2) is 11.7 Å². The third-order valence-corrected chi connectivity index (χ3v) is 3.38. The third-order valence-electron chi connectivity index (χ3n) is 3.38. The Morgan fingerprint density at radius 3 is 2.69 bits per heavy atom. The van der Waals surface area contributed by atoms with E-state index in [1.165, 1.54) is 18.4 Å². The van der Waals surface area contributed by atoms with Crippen molar-refractivity contribution in [2.24, 2.45) is 0 Å². The summed E-state index contributed by atoms with van der Waals surface area (Å²) in [5.41, 5.74) is 5.79. The molecule has 90 valence electrons. The Morgan fingerprint density at radius 1 is 1.38 bits per heavy atom. The number of aliphatic hydroxyl groups excluding tert-OH is 1. The topological polar surface area (TPSA) is 20.2 Å². The standard InChI is InChI=1S/C15H24O/c1-12-7-9-15(10-8-12)14(3)6-4-5-13(2)11-16/h5,7,16H,4,6,8-11H2,1-3H3/b13-5+,15-14-. The Kier molecular flexibility index (Phi) is 5.54. The zero-order valence-corrected chi connectivity index (χ0v) is 10.8. The van der Waals surface area contributed by atoms with Crippen molar-refractivity contribution in [1.82, 2.24) is 0 Å². The summed E-state index contributed by atoms with van der Waals surface area (Å²) in [6, 6.07) is 0. The van der Waals surface area contributed by atoms with E-state index in [-0.39, 0.29) is 6.61 Å². The monoisotopic (exact) mass is 220 g/mol. The number of hydrogen-bond donors (Lipinski definition) is 1. The molecule has 0 aromatic carbocycles. The smallest absolute Gasteiger partial charge is 0.0639 e. The summed E-state index contributed by atoms with van der Waals surface area (Å²) in [5.74, 6) is 0. The van der Waals surface area contributed by atoms with E-state index in [0.717, 1.165) is 24.8 Å². The highest BCUT2D eigenvalue weighted by Crippen LogP contribution is 2.26. The van der Waals surface area contributed by atoms with Crippen molar-refractivity contribution in [3.8, 4) is 0 Å². The molecular formula is C15H24O. The van der Waals surface area contributed by atoms with Gasteiger partial charge in [0.15, 0.2) is 0 Å². The summed E-state index contributed by atoms with van der Waals surface area (Å²) in [6.07, 6.45) is 10.3. The van der Waals surface area contributed by atoms with Crippen LogP contribution in [0.15, 0.2) is 34.4 Å². The summed E-state index contributed by atoms with van der Waals surface area (Å²) in [6.45, 7) is 6.65. The van der Waals surface area contributed by atoms with E-state index in [9.17, 15) is 0 Å². The van der Waals surface area contributed by atoms with Gasteiger partial charge in [-0.2, -0.15) is 0 Å². The molecule has 0 atom stereocenters. The molecule has 0 saturated heterocycles. The van der Waals surface area contributed by atoms with E-state index in [4.69, 9.17) is 5.11 Å². The van der Waals surface area contributed by atoms with Crippen molar-refractivity contribution >= 4 is 0 Å². The van der Waals surface area contributed by atoms with Crippen LogP contribution < -0.4 is 0 Å². The number of aliphatic hydroxyl groups is 1. The predicted molar refractivity (Wildman–Crippen MR) is 70.4 cm³/mol. The molecule has 0 unspecified atom stereocenters. The van der Waals surface area contributed by atoms with Crippen molar-refractivity contribution in [1.29, 1.82) is 0 Å². The van der Waals surface area contributed by atoms with E-state index in [1.807, 2.05) is 6.92 Å². The van der Waals surface area contributed by atoms with Gasteiger partial charge >= 0.3 is 0 Å². The molecule has 0 aliphatic heterocycles. The molecular weight excluding hydrogens is 196 g/mol. The lowest BCUT2D eigenvalue weighted by molar-refractivity contribution is 0.331. The lowest BCUT2D eigenvalue weighted by atomic mass is 9.91. The van der Waals surface area contributed by atoms with Crippen LogP contribution >= 0.6 is 0 Å². The van der Waals surface area contributed by atoms with Crippen molar-refractivity contribution in [2.75, 3.05) is 6.61 Å². The summed E-state index contributed by atoms with van der Waals surface area (Å²) in [4.78, 5) is 0. The molecule has 0 bridgehead atoms. The first-order chi connectivity index (χ1) is 7.63. The minimum Gasteiger partial charge on any atom is -0.392 e. The minimum atomic E-state index is 0.192. The number of rotatable bonds is 4. The highest BCUT2D eigenvalue weighted by molar-refractivity contribution is 5.22. The quantitative estimate of drug-likeness (QED) is 0.706. The Bertz CT molecular complexity index is 318. The van der Waals surface area contributed by atoms with E-state index >= 15 is 0 Å². The summed E-state index contributed by atoms with van der Waals surface area (Å²) in [7, 11) is 0. The fraction of sp³-hybridized carbons (Fsp3) is 0.600. The van der Waals surface area contributed by atoms with Crippen molar-refractivity contribution in [3.63, 3.8) is 0 Å². The molecule has 0 heterocycles. The average molecular weight is 220 g/mol. The zero-order chi connectivity index (χ0) is 12.0. The fourth-order valence-electron chi connectivity index (χ4n) is 2.01. The third kappa shape index (κ3) is 4.36. The fourth-order valence-corrected chi connectivity index (χ4v) is 2.01. The van der Waals surface area contributed by atoms with Crippen LogP contribution in [0.4, 0.5) is 0 Å². The van der Waals surface area contributed by atoms with E-state index < -0.39 is 0 Å². The van der Waals surface area contributed by atoms with Gasteiger partial charge in [0.05, 0.1) is 6.61 Å². The number of allylic oxidation sites excluding steroid dienone is 5. The molecule has 0 fully saturated rings. The lowest BCUT2D eigenvalue weighted by Gasteiger charge is -2.16. The van der Waals surface area contributed by atoms with Crippen LogP contribution in [-0.2, 0) is 0 Å². The molecule has 1 aliphatic rings. The lowest BCUT2D eigenvalue weighted by Crippen LogP contribution is -1.96. The second kappa shape index (κ2) is 6.70. The maximum Gasteiger partial charge on any atom is 0.0639 e. The van der Waals surface area contributed by atoms with Gasteiger partial charge in [0.25, 0.3) is 0 Å². The maximum absolute atomic E-state index is 8.89. The van der Waals surface area contributed by atoms with Crippen LogP contribution in [0.1, 0.15) is 52.9 Å². The van der Waals surface area contributed by atoms with Crippen LogP contribution in [0, 0.1) is 0 Å². The summed E-state index contributed by atoms with van der Waals surface area (Å²) >= 11 is 0. The van der Waals surface area contributed by atoms with Crippen LogP contribution in [0.3, 0.4) is 0 Å². The molecule has 1 rings (SSSR count). The van der Waals surface area contributed by atoms with E-state index in [1.54, 1.807) is 11.1 Å². The normalized spacial score (nSPS) is 20.8. The molecule has 0 aromatic rings. The van der Waals surface area contributed by atoms with Crippen LogP contribution in [0.5, 0.6) is 0 Å². The first-order valence-electron chi connectivity index (χ1n) is 6.23. The van der Waals surface area contributed by atoms with Gasteiger partial charge in [-0.15, -0.1) is 0 Å². The average Bonchev–Trinajstić information content (AvgIpc) is 2.29. The second-order valence-electron chi connectivity index (χ2n) is 4.89. The van der Waals surface area contributed by atoms with Gasteiger partial charge in [-0.05, 0) is 52.9 Å². The van der Waals surface area contributed by atoms with E-state index in [0.29, 0.717) is 0 Å². The molecule has 1 heteroatoms. The Labute approximate surface area is 99.6 Å². The van der Waals surface area contributed by atoms with Crippen molar-refractivity contribution in [2.45, 2.75) is 52.9 Å². The highest BCUT2D eigenvalue weighted by atomic mass is 16.3. The number of hydrogen-bond acceptors (Lipinski definition) is 1. The van der Waals surface area contributed by atoms with Gasteiger partial charge in [0.2, 0.25) is 0 Å².